The number of aliphatic hydroxyl groups is 1. The van der Waals surface area contributed by atoms with Gasteiger partial charge in [-0.1, -0.05) is 6.92 Å². The predicted octanol–water partition coefficient (Wildman–Crippen LogP) is 2.50. The van der Waals surface area contributed by atoms with E-state index in [1.165, 1.54) is 4.90 Å². The Bertz CT molecular complexity index is 327. The van der Waals surface area contributed by atoms with Crippen molar-refractivity contribution >= 4 is 0 Å². The van der Waals surface area contributed by atoms with Crippen molar-refractivity contribution < 1.29 is 18.3 Å². The Balaban J connectivity index is 1.80. The fourth-order valence-electron chi connectivity index (χ4n) is 3.47. The first-order chi connectivity index (χ1) is 9.76. The maximum Gasteiger partial charge on any atom is 0.401 e. The molecule has 0 aromatic carbocycles. The normalized spacial score (nSPS) is 33.9. The smallest absolute Gasteiger partial charge is 0.389 e. The first-order valence-electron chi connectivity index (χ1n) is 8.00. The molecule has 6 heteroatoms. The third-order valence-electron chi connectivity index (χ3n) is 4.81. The minimum absolute atomic E-state index is 0.437. The molecule has 0 aromatic heterocycles. The number of hydrogen-bond donors (Lipinski definition) is 1. The molecule has 21 heavy (non-hydrogen) atoms. The highest BCUT2D eigenvalue weighted by Gasteiger charge is 2.35. The summed E-state index contributed by atoms with van der Waals surface area (Å²) in [4.78, 5) is 3.62. The molecule has 0 atom stereocenters. The summed E-state index contributed by atoms with van der Waals surface area (Å²) in [6.45, 7) is 4.33. The van der Waals surface area contributed by atoms with Gasteiger partial charge in [-0.25, -0.2) is 0 Å². The van der Waals surface area contributed by atoms with Crippen LogP contribution in [-0.2, 0) is 0 Å². The Labute approximate surface area is 125 Å². The molecule has 0 aromatic rings. The van der Waals surface area contributed by atoms with Crippen molar-refractivity contribution in [2.24, 2.45) is 5.92 Å². The molecule has 3 nitrogen and oxygen atoms in total. The van der Waals surface area contributed by atoms with Gasteiger partial charge in [0.2, 0.25) is 0 Å². The van der Waals surface area contributed by atoms with E-state index in [9.17, 15) is 18.3 Å². The topological polar surface area (TPSA) is 26.7 Å². The van der Waals surface area contributed by atoms with Gasteiger partial charge in [0.15, 0.2) is 0 Å². The monoisotopic (exact) mass is 308 g/mol. The van der Waals surface area contributed by atoms with Gasteiger partial charge < -0.3 is 5.11 Å². The van der Waals surface area contributed by atoms with Crippen LogP contribution in [0.3, 0.4) is 0 Å². The molecule has 0 unspecified atom stereocenters. The van der Waals surface area contributed by atoms with E-state index in [2.05, 4.69) is 11.8 Å². The van der Waals surface area contributed by atoms with Gasteiger partial charge in [-0.3, -0.25) is 9.80 Å². The third-order valence-corrected chi connectivity index (χ3v) is 4.81. The van der Waals surface area contributed by atoms with Crippen LogP contribution in [-0.4, -0.2) is 66.0 Å². The molecule has 1 aliphatic heterocycles. The van der Waals surface area contributed by atoms with Crippen LogP contribution in [0.4, 0.5) is 13.2 Å². The van der Waals surface area contributed by atoms with Gasteiger partial charge in [0.1, 0.15) is 0 Å². The molecule has 2 rings (SSSR count). The van der Waals surface area contributed by atoms with E-state index < -0.39 is 18.3 Å². The zero-order valence-corrected chi connectivity index (χ0v) is 12.8. The van der Waals surface area contributed by atoms with Crippen molar-refractivity contribution in [1.82, 2.24) is 9.80 Å². The molecule has 2 fully saturated rings. The Morgan fingerprint density at radius 1 is 1.05 bits per heavy atom. The predicted molar refractivity (Wildman–Crippen MR) is 76.1 cm³/mol. The largest absolute Gasteiger partial charge is 0.401 e. The molecule has 1 N–H and O–H groups in total. The number of halogens is 3. The number of β-amino-alcohol motifs (C(OH)–C–C–N with tert-alkyl or cyclic N) is 1. The summed E-state index contributed by atoms with van der Waals surface area (Å²) in [6, 6.07) is 0. The van der Waals surface area contributed by atoms with Crippen molar-refractivity contribution in [3.05, 3.63) is 0 Å². The second-order valence-corrected chi connectivity index (χ2v) is 6.93. The number of hydrogen-bond acceptors (Lipinski definition) is 3. The summed E-state index contributed by atoms with van der Waals surface area (Å²) in [5.41, 5.74) is -0.633. The van der Waals surface area contributed by atoms with Gasteiger partial charge in [0.25, 0.3) is 0 Å². The Morgan fingerprint density at radius 3 is 2.24 bits per heavy atom. The minimum Gasteiger partial charge on any atom is -0.389 e. The third kappa shape index (κ3) is 5.75. The van der Waals surface area contributed by atoms with Crippen molar-refractivity contribution in [3.8, 4) is 0 Å². The number of rotatable bonds is 3. The Morgan fingerprint density at radius 2 is 1.62 bits per heavy atom. The van der Waals surface area contributed by atoms with Crippen LogP contribution in [0.15, 0.2) is 0 Å². The van der Waals surface area contributed by atoms with Crippen LogP contribution in [0.2, 0.25) is 0 Å². The fourth-order valence-corrected chi connectivity index (χ4v) is 3.47. The lowest BCUT2D eigenvalue weighted by Gasteiger charge is -2.38. The van der Waals surface area contributed by atoms with E-state index in [-0.39, 0.29) is 0 Å². The minimum atomic E-state index is -4.12. The van der Waals surface area contributed by atoms with E-state index in [0.717, 1.165) is 38.6 Å². The molecule has 2 aliphatic rings. The molecule has 124 valence electrons. The molecule has 0 radical (unpaired) electrons. The van der Waals surface area contributed by atoms with Gasteiger partial charge in [-0.2, -0.15) is 13.2 Å². The molecule has 1 aliphatic carbocycles. The van der Waals surface area contributed by atoms with Crippen molar-refractivity contribution in [2.45, 2.75) is 50.8 Å². The summed E-state index contributed by atoms with van der Waals surface area (Å²) in [5.74, 6) is 0.677. The summed E-state index contributed by atoms with van der Waals surface area (Å²) in [7, 11) is 0. The average Bonchev–Trinajstić information content (AvgIpc) is 2.57. The first-order valence-corrected chi connectivity index (χ1v) is 8.00. The summed E-state index contributed by atoms with van der Waals surface area (Å²) in [5, 5.41) is 10.7. The quantitative estimate of drug-likeness (QED) is 0.868. The Hall–Kier alpha value is -0.330. The van der Waals surface area contributed by atoms with E-state index in [1.54, 1.807) is 0 Å². The summed E-state index contributed by atoms with van der Waals surface area (Å²) in [6.07, 6.45) is 0.346. The van der Waals surface area contributed by atoms with Crippen LogP contribution in [0.5, 0.6) is 0 Å². The molecule has 0 bridgehead atoms. The van der Waals surface area contributed by atoms with Crippen LogP contribution in [0, 0.1) is 5.92 Å². The van der Waals surface area contributed by atoms with Crippen molar-refractivity contribution in [2.75, 3.05) is 39.3 Å². The second kappa shape index (κ2) is 6.84. The van der Waals surface area contributed by atoms with Crippen LogP contribution in [0.25, 0.3) is 0 Å². The highest BCUT2D eigenvalue weighted by atomic mass is 19.4. The van der Waals surface area contributed by atoms with Gasteiger partial charge in [-0.05, 0) is 51.1 Å². The average molecular weight is 308 g/mol. The van der Waals surface area contributed by atoms with E-state index in [0.29, 0.717) is 32.1 Å². The lowest BCUT2D eigenvalue weighted by molar-refractivity contribution is -0.145. The second-order valence-electron chi connectivity index (χ2n) is 6.93. The molecular weight excluding hydrogens is 281 g/mol. The highest BCUT2D eigenvalue weighted by Crippen LogP contribution is 2.32. The van der Waals surface area contributed by atoms with Crippen LogP contribution in [0.1, 0.15) is 39.0 Å². The molecule has 1 saturated heterocycles. The highest BCUT2D eigenvalue weighted by molar-refractivity contribution is 4.88. The van der Waals surface area contributed by atoms with Crippen LogP contribution < -0.4 is 0 Å². The maximum absolute atomic E-state index is 12.4. The van der Waals surface area contributed by atoms with Gasteiger partial charge in [0.05, 0.1) is 12.1 Å². The van der Waals surface area contributed by atoms with Gasteiger partial charge in [0, 0.05) is 19.6 Å². The Kier molecular flexibility index (Phi) is 5.54. The molecule has 0 spiro atoms. The van der Waals surface area contributed by atoms with E-state index in [1.807, 2.05) is 0 Å². The zero-order valence-electron chi connectivity index (χ0n) is 12.8. The van der Waals surface area contributed by atoms with Gasteiger partial charge >= 0.3 is 6.18 Å². The van der Waals surface area contributed by atoms with E-state index >= 15 is 0 Å². The summed E-state index contributed by atoms with van der Waals surface area (Å²) < 4.78 is 37.3. The molecule has 1 saturated carbocycles. The lowest BCUT2D eigenvalue weighted by Crippen LogP contribution is -2.46. The van der Waals surface area contributed by atoms with Crippen molar-refractivity contribution in [1.29, 1.82) is 0 Å². The standard InChI is InChI=1S/C15H27F3N2O/c1-13-3-5-14(21,6-4-13)11-19-7-2-8-20(10-9-19)12-15(16,17)18/h13,21H,2-12H2,1H3. The van der Waals surface area contributed by atoms with E-state index in [4.69, 9.17) is 0 Å². The van der Waals surface area contributed by atoms with Crippen LogP contribution >= 0.6 is 0 Å². The van der Waals surface area contributed by atoms with Gasteiger partial charge in [-0.15, -0.1) is 0 Å². The SMILES string of the molecule is CC1CCC(O)(CN2CCCN(CC(F)(F)F)CC2)CC1. The summed E-state index contributed by atoms with van der Waals surface area (Å²) >= 11 is 0. The zero-order chi connectivity index (χ0) is 15.5. The number of alkyl halides is 3. The number of nitrogens with zero attached hydrogens (tertiary/aromatic N) is 2. The fraction of sp³-hybridized carbons (Fsp3) is 1.00. The maximum atomic E-state index is 12.4. The lowest BCUT2D eigenvalue weighted by atomic mass is 9.79. The molecular formula is C15H27F3N2O. The first kappa shape index (κ1) is 17.0. The molecule has 0 amide bonds. The molecule has 1 heterocycles. The van der Waals surface area contributed by atoms with Crippen molar-refractivity contribution in [3.63, 3.8) is 0 Å².